The second kappa shape index (κ2) is 4.88. The van der Waals surface area contributed by atoms with E-state index in [1.54, 1.807) is 13.1 Å². The fourth-order valence-corrected chi connectivity index (χ4v) is 1.53. The molecule has 0 spiro atoms. The Morgan fingerprint density at radius 3 is 3.12 bits per heavy atom. The highest BCUT2D eigenvalue weighted by Gasteiger charge is 2.23. The highest BCUT2D eigenvalue weighted by molar-refractivity contribution is 5.78. The molecule has 0 amide bonds. The van der Waals surface area contributed by atoms with Crippen LogP contribution >= 0.6 is 0 Å². The molecule has 2 aromatic rings. The van der Waals surface area contributed by atoms with Crippen LogP contribution in [0.3, 0.4) is 0 Å². The summed E-state index contributed by atoms with van der Waals surface area (Å²) >= 11 is 0. The molecule has 7 heteroatoms. The number of nitrogens with zero attached hydrogens (tertiary/aromatic N) is 4. The summed E-state index contributed by atoms with van der Waals surface area (Å²) in [5.74, 6) is -0.507. The van der Waals surface area contributed by atoms with E-state index in [0.29, 0.717) is 11.2 Å². The lowest BCUT2D eigenvalue weighted by atomic mass is 10.3. The molecule has 0 aliphatic rings. The molecular weight excluding hydrogens is 224 g/mol. The van der Waals surface area contributed by atoms with E-state index in [1.807, 2.05) is 0 Å². The second-order valence-corrected chi connectivity index (χ2v) is 3.33. The Hall–Kier alpha value is -2.02. The smallest absolute Gasteiger partial charge is 0.331 e. The summed E-state index contributed by atoms with van der Waals surface area (Å²) in [6.07, 6.45) is 4.34. The third-order valence-electron chi connectivity index (χ3n) is 2.31. The lowest BCUT2D eigenvalue weighted by Gasteiger charge is -2.14. The van der Waals surface area contributed by atoms with Gasteiger partial charge in [0.05, 0.1) is 25.7 Å². The average Bonchev–Trinajstić information content (AvgIpc) is 2.75. The van der Waals surface area contributed by atoms with Crippen molar-refractivity contribution in [2.24, 2.45) is 0 Å². The van der Waals surface area contributed by atoms with Crippen molar-refractivity contribution in [2.45, 2.75) is 13.0 Å². The number of hydrogen-bond donors (Lipinski definition) is 1. The van der Waals surface area contributed by atoms with Gasteiger partial charge in [-0.3, -0.25) is 4.57 Å². The van der Waals surface area contributed by atoms with Crippen LogP contribution in [0.4, 0.5) is 0 Å². The summed E-state index contributed by atoms with van der Waals surface area (Å²) < 4.78 is 6.36. The van der Waals surface area contributed by atoms with Gasteiger partial charge in [0.1, 0.15) is 11.8 Å². The molecule has 0 fully saturated rings. The van der Waals surface area contributed by atoms with Gasteiger partial charge in [-0.05, 0) is 6.92 Å². The monoisotopic (exact) mass is 236 g/mol. The fourth-order valence-electron chi connectivity index (χ4n) is 1.53. The van der Waals surface area contributed by atoms with E-state index < -0.39 is 12.0 Å². The summed E-state index contributed by atoms with van der Waals surface area (Å²) in [5.41, 5.74) is 1.06. The van der Waals surface area contributed by atoms with Gasteiger partial charge in [-0.25, -0.2) is 19.7 Å². The lowest BCUT2D eigenvalue weighted by Crippen LogP contribution is -2.24. The molecule has 2 heterocycles. The van der Waals surface area contributed by atoms with Gasteiger partial charge in [0.15, 0.2) is 11.7 Å². The van der Waals surface area contributed by atoms with Gasteiger partial charge in [0.25, 0.3) is 0 Å². The Morgan fingerprint density at radius 1 is 1.59 bits per heavy atom. The van der Waals surface area contributed by atoms with E-state index in [9.17, 15) is 9.90 Å². The van der Waals surface area contributed by atoms with Crippen LogP contribution in [0.1, 0.15) is 13.0 Å². The van der Waals surface area contributed by atoms with Crippen molar-refractivity contribution in [2.75, 3.05) is 13.2 Å². The number of imidazole rings is 1. The molecule has 90 valence electrons. The Kier molecular flexibility index (Phi) is 3.29. The zero-order chi connectivity index (χ0) is 12.3. The Labute approximate surface area is 97.1 Å². The zero-order valence-electron chi connectivity index (χ0n) is 9.28. The zero-order valence-corrected chi connectivity index (χ0v) is 9.28. The van der Waals surface area contributed by atoms with Gasteiger partial charge in [-0.1, -0.05) is 0 Å². The Morgan fingerprint density at radius 2 is 2.41 bits per heavy atom. The SMILES string of the molecule is CCOC(=O)C(CO)n1cnc2cncnc21. The predicted octanol–water partition coefficient (Wildman–Crippen LogP) is -0.0772. The molecule has 0 aliphatic heterocycles. The van der Waals surface area contributed by atoms with Crippen molar-refractivity contribution >= 4 is 17.1 Å². The first-order valence-corrected chi connectivity index (χ1v) is 5.18. The van der Waals surface area contributed by atoms with Gasteiger partial charge >= 0.3 is 5.97 Å². The van der Waals surface area contributed by atoms with Crippen molar-refractivity contribution < 1.29 is 14.6 Å². The molecule has 1 unspecified atom stereocenters. The van der Waals surface area contributed by atoms with Crippen LogP contribution < -0.4 is 0 Å². The number of carbonyl (C=O) groups excluding carboxylic acids is 1. The number of aliphatic hydroxyl groups is 1. The topological polar surface area (TPSA) is 90.1 Å². The number of ether oxygens (including phenoxy) is 1. The minimum absolute atomic E-state index is 0.261. The van der Waals surface area contributed by atoms with Gasteiger partial charge in [-0.2, -0.15) is 0 Å². The van der Waals surface area contributed by atoms with Crippen LogP contribution in [-0.4, -0.2) is 43.8 Å². The number of fused-ring (bicyclic) bond motifs is 1. The number of aliphatic hydroxyl groups excluding tert-OH is 1. The van der Waals surface area contributed by atoms with Crippen LogP contribution in [0.5, 0.6) is 0 Å². The average molecular weight is 236 g/mol. The van der Waals surface area contributed by atoms with Crippen LogP contribution in [0.15, 0.2) is 18.9 Å². The second-order valence-electron chi connectivity index (χ2n) is 3.33. The first-order valence-electron chi connectivity index (χ1n) is 5.18. The largest absolute Gasteiger partial charge is 0.464 e. The van der Waals surface area contributed by atoms with Crippen molar-refractivity contribution in [1.82, 2.24) is 19.5 Å². The molecule has 0 saturated heterocycles. The number of rotatable bonds is 4. The molecule has 1 N–H and O–H groups in total. The van der Waals surface area contributed by atoms with Crippen molar-refractivity contribution in [3.63, 3.8) is 0 Å². The van der Waals surface area contributed by atoms with Gasteiger partial charge in [-0.15, -0.1) is 0 Å². The van der Waals surface area contributed by atoms with E-state index in [1.165, 1.54) is 17.2 Å². The van der Waals surface area contributed by atoms with Crippen molar-refractivity contribution in [1.29, 1.82) is 0 Å². The summed E-state index contributed by atoms with van der Waals surface area (Å²) in [7, 11) is 0. The van der Waals surface area contributed by atoms with Gasteiger partial charge in [0.2, 0.25) is 0 Å². The molecule has 7 nitrogen and oxygen atoms in total. The summed E-state index contributed by atoms with van der Waals surface area (Å²) in [6.45, 7) is 1.60. The van der Waals surface area contributed by atoms with Crippen molar-refractivity contribution in [3.05, 3.63) is 18.9 Å². The standard InChI is InChI=1S/C10H12N4O3/c1-2-17-10(16)8(4-15)14-6-13-7-3-11-5-12-9(7)14/h3,5-6,8,15H,2,4H2,1H3. The van der Waals surface area contributed by atoms with Gasteiger partial charge in [0, 0.05) is 0 Å². The molecule has 2 aromatic heterocycles. The van der Waals surface area contributed by atoms with Crippen LogP contribution in [-0.2, 0) is 9.53 Å². The molecule has 2 rings (SSSR count). The Balaban J connectivity index is 2.40. The number of esters is 1. The third kappa shape index (κ3) is 2.09. The predicted molar refractivity (Wildman–Crippen MR) is 58.1 cm³/mol. The Bertz CT molecular complexity index is 525. The van der Waals surface area contributed by atoms with E-state index in [4.69, 9.17) is 4.74 Å². The third-order valence-corrected chi connectivity index (χ3v) is 2.31. The molecule has 0 aliphatic carbocycles. The molecule has 17 heavy (non-hydrogen) atoms. The molecule has 0 radical (unpaired) electrons. The first kappa shape index (κ1) is 11.5. The molecular formula is C10H12N4O3. The molecule has 1 atom stereocenters. The van der Waals surface area contributed by atoms with E-state index in [2.05, 4.69) is 15.0 Å². The van der Waals surface area contributed by atoms with Crippen molar-refractivity contribution in [3.8, 4) is 0 Å². The summed E-state index contributed by atoms with van der Waals surface area (Å²) in [6, 6.07) is -0.824. The maximum absolute atomic E-state index is 11.6. The lowest BCUT2D eigenvalue weighted by molar-refractivity contribution is -0.148. The van der Waals surface area contributed by atoms with Crippen LogP contribution in [0, 0.1) is 0 Å². The maximum atomic E-state index is 11.6. The summed E-state index contributed by atoms with van der Waals surface area (Å²) in [5, 5.41) is 9.26. The normalized spacial score (nSPS) is 12.6. The van der Waals surface area contributed by atoms with E-state index in [-0.39, 0.29) is 13.2 Å². The molecule has 0 saturated carbocycles. The minimum atomic E-state index is -0.824. The molecule has 0 aromatic carbocycles. The quantitative estimate of drug-likeness (QED) is 0.747. The number of carbonyl (C=O) groups is 1. The summed E-state index contributed by atoms with van der Waals surface area (Å²) in [4.78, 5) is 23.5. The highest BCUT2D eigenvalue weighted by Crippen LogP contribution is 2.15. The van der Waals surface area contributed by atoms with E-state index in [0.717, 1.165) is 0 Å². The molecule has 0 bridgehead atoms. The fraction of sp³-hybridized carbons (Fsp3) is 0.400. The van der Waals surface area contributed by atoms with Gasteiger partial charge < -0.3 is 9.84 Å². The minimum Gasteiger partial charge on any atom is -0.464 e. The first-order chi connectivity index (χ1) is 8.27. The number of hydrogen-bond acceptors (Lipinski definition) is 6. The van der Waals surface area contributed by atoms with Crippen LogP contribution in [0.25, 0.3) is 11.2 Å². The van der Waals surface area contributed by atoms with E-state index >= 15 is 0 Å². The maximum Gasteiger partial charge on any atom is 0.331 e. The van der Waals surface area contributed by atoms with Crippen LogP contribution in [0.2, 0.25) is 0 Å². The highest BCUT2D eigenvalue weighted by atomic mass is 16.5. The number of aromatic nitrogens is 4.